The second kappa shape index (κ2) is 8.22. The third kappa shape index (κ3) is 4.75. The van der Waals surface area contributed by atoms with Crippen LogP contribution in [0.25, 0.3) is 0 Å². The fraction of sp³-hybridized carbons (Fsp3) is 0.357. The van der Waals surface area contributed by atoms with Gasteiger partial charge >= 0.3 is 0 Å². The summed E-state index contributed by atoms with van der Waals surface area (Å²) < 4.78 is 40.8. The van der Waals surface area contributed by atoms with Crippen molar-refractivity contribution >= 4 is 17.5 Å². The minimum absolute atomic E-state index is 0.167. The average Bonchev–Trinajstić information content (AvgIpc) is 3.08. The van der Waals surface area contributed by atoms with Gasteiger partial charge in [-0.05, 0) is 29.0 Å². The molecule has 0 bridgehead atoms. The maximum atomic E-state index is 13.6. The normalized spacial score (nSPS) is 10.6. The second-order valence-electron chi connectivity index (χ2n) is 5.09. The highest BCUT2D eigenvalue weighted by Crippen LogP contribution is 2.19. The number of hydrogen-bond acceptors (Lipinski definition) is 5. The minimum atomic E-state index is -1.68. The predicted octanol–water partition coefficient (Wildman–Crippen LogP) is 0.968. The van der Waals surface area contributed by atoms with Gasteiger partial charge in [-0.1, -0.05) is 6.92 Å². The lowest BCUT2D eigenvalue weighted by atomic mass is 10.2. The van der Waals surface area contributed by atoms with Crippen molar-refractivity contribution in [2.75, 3.05) is 18.4 Å². The average molecular weight is 356 g/mol. The van der Waals surface area contributed by atoms with Crippen molar-refractivity contribution in [2.45, 2.75) is 19.9 Å². The van der Waals surface area contributed by atoms with Crippen LogP contribution in [0.1, 0.15) is 13.3 Å². The number of tetrazole rings is 1. The van der Waals surface area contributed by atoms with E-state index in [-0.39, 0.29) is 19.6 Å². The number of halogens is 3. The van der Waals surface area contributed by atoms with E-state index in [0.717, 1.165) is 6.07 Å². The van der Waals surface area contributed by atoms with Crippen LogP contribution in [0.3, 0.4) is 0 Å². The Morgan fingerprint density at radius 3 is 2.64 bits per heavy atom. The molecule has 0 saturated carbocycles. The molecule has 2 aromatic rings. The van der Waals surface area contributed by atoms with Crippen LogP contribution in [0.2, 0.25) is 0 Å². The number of rotatable bonds is 7. The first-order valence-electron chi connectivity index (χ1n) is 7.34. The largest absolute Gasteiger partial charge is 0.332 e. The number of amides is 2. The molecule has 0 fully saturated rings. The summed E-state index contributed by atoms with van der Waals surface area (Å²) in [5.41, 5.74) is -0.506. The fourth-order valence-corrected chi connectivity index (χ4v) is 2.04. The van der Waals surface area contributed by atoms with Crippen LogP contribution in [-0.4, -0.2) is 50.0 Å². The predicted molar refractivity (Wildman–Crippen MR) is 79.6 cm³/mol. The molecule has 134 valence electrons. The molecule has 0 spiro atoms. The van der Waals surface area contributed by atoms with Crippen LogP contribution in [0.4, 0.5) is 18.9 Å². The van der Waals surface area contributed by atoms with Crippen molar-refractivity contribution in [2.24, 2.45) is 0 Å². The molecule has 1 aromatic heterocycles. The van der Waals surface area contributed by atoms with E-state index in [2.05, 4.69) is 20.8 Å². The smallest absolute Gasteiger partial charge is 0.244 e. The molecule has 0 unspecified atom stereocenters. The first-order valence-corrected chi connectivity index (χ1v) is 7.34. The zero-order chi connectivity index (χ0) is 18.4. The Kier molecular flexibility index (Phi) is 6.03. The Balaban J connectivity index is 2.02. The van der Waals surface area contributed by atoms with E-state index in [1.165, 1.54) is 15.9 Å². The lowest BCUT2D eigenvalue weighted by molar-refractivity contribution is -0.135. The third-order valence-corrected chi connectivity index (χ3v) is 3.18. The first-order chi connectivity index (χ1) is 11.9. The van der Waals surface area contributed by atoms with Gasteiger partial charge in [0.1, 0.15) is 12.9 Å². The lowest BCUT2D eigenvalue weighted by Gasteiger charge is -2.21. The first kappa shape index (κ1) is 18.4. The van der Waals surface area contributed by atoms with E-state index in [4.69, 9.17) is 0 Å². The number of anilines is 1. The van der Waals surface area contributed by atoms with Crippen molar-refractivity contribution in [3.8, 4) is 0 Å². The van der Waals surface area contributed by atoms with Crippen molar-refractivity contribution in [1.29, 1.82) is 0 Å². The molecule has 0 atom stereocenters. The molecule has 1 aromatic carbocycles. The molecule has 2 rings (SSSR count). The van der Waals surface area contributed by atoms with Crippen LogP contribution in [0, 0.1) is 17.5 Å². The van der Waals surface area contributed by atoms with Crippen molar-refractivity contribution in [1.82, 2.24) is 25.1 Å². The maximum absolute atomic E-state index is 13.6. The standard InChI is InChI=1S/C14H15F3N6O2/c1-2-5-22(12(25)7-23-8-18-20-21-23)6-11(24)19-10-4-3-9(15)13(16)14(10)17/h3-4,8H,2,5-7H2,1H3,(H,19,24). The van der Waals surface area contributed by atoms with Gasteiger partial charge in [0.25, 0.3) is 0 Å². The van der Waals surface area contributed by atoms with Crippen LogP contribution in [-0.2, 0) is 16.1 Å². The number of aromatic nitrogens is 4. The van der Waals surface area contributed by atoms with E-state index in [9.17, 15) is 22.8 Å². The molecule has 0 radical (unpaired) electrons. The van der Waals surface area contributed by atoms with Crippen LogP contribution < -0.4 is 5.32 Å². The molecular formula is C14H15F3N6O2. The molecule has 25 heavy (non-hydrogen) atoms. The van der Waals surface area contributed by atoms with Crippen molar-refractivity contribution < 1.29 is 22.8 Å². The van der Waals surface area contributed by atoms with E-state index in [1.807, 2.05) is 6.92 Å². The van der Waals surface area contributed by atoms with Gasteiger partial charge in [0.15, 0.2) is 17.5 Å². The SMILES string of the molecule is CCCN(CC(=O)Nc1ccc(F)c(F)c1F)C(=O)Cn1cnnn1. The lowest BCUT2D eigenvalue weighted by Crippen LogP contribution is -2.40. The third-order valence-electron chi connectivity index (χ3n) is 3.18. The number of hydrogen-bond donors (Lipinski definition) is 1. The Morgan fingerprint density at radius 2 is 2.00 bits per heavy atom. The molecule has 1 N–H and O–H groups in total. The highest BCUT2D eigenvalue weighted by atomic mass is 19.2. The minimum Gasteiger partial charge on any atom is -0.332 e. The Hall–Kier alpha value is -2.98. The van der Waals surface area contributed by atoms with Gasteiger partial charge < -0.3 is 10.2 Å². The van der Waals surface area contributed by atoms with Gasteiger partial charge in [-0.25, -0.2) is 17.9 Å². The van der Waals surface area contributed by atoms with E-state index in [1.54, 1.807) is 0 Å². The van der Waals surface area contributed by atoms with Gasteiger partial charge in [0.2, 0.25) is 11.8 Å². The summed E-state index contributed by atoms with van der Waals surface area (Å²) in [6, 6.07) is 1.60. The van der Waals surface area contributed by atoms with Gasteiger partial charge in [-0.2, -0.15) is 0 Å². The van der Waals surface area contributed by atoms with E-state index >= 15 is 0 Å². The molecule has 0 aliphatic carbocycles. The van der Waals surface area contributed by atoms with Crippen LogP contribution in [0.5, 0.6) is 0 Å². The number of carbonyl (C=O) groups is 2. The zero-order valence-electron chi connectivity index (χ0n) is 13.2. The summed E-state index contributed by atoms with van der Waals surface area (Å²) in [4.78, 5) is 25.4. The molecule has 2 amide bonds. The summed E-state index contributed by atoms with van der Waals surface area (Å²) >= 11 is 0. The van der Waals surface area contributed by atoms with Crippen molar-refractivity contribution in [3.63, 3.8) is 0 Å². The van der Waals surface area contributed by atoms with Gasteiger partial charge in [0, 0.05) is 6.54 Å². The van der Waals surface area contributed by atoms with Gasteiger partial charge in [-0.15, -0.1) is 5.10 Å². The topological polar surface area (TPSA) is 93.0 Å². The maximum Gasteiger partial charge on any atom is 0.244 e. The summed E-state index contributed by atoms with van der Waals surface area (Å²) in [7, 11) is 0. The Morgan fingerprint density at radius 1 is 1.24 bits per heavy atom. The molecular weight excluding hydrogens is 341 g/mol. The molecule has 0 aliphatic heterocycles. The van der Waals surface area contributed by atoms with E-state index < -0.39 is 35.0 Å². The quantitative estimate of drug-likeness (QED) is 0.746. The number of nitrogens with one attached hydrogen (secondary N) is 1. The summed E-state index contributed by atoms with van der Waals surface area (Å²) in [5.74, 6) is -5.72. The number of benzene rings is 1. The number of carbonyl (C=O) groups excluding carboxylic acids is 2. The van der Waals surface area contributed by atoms with Gasteiger partial charge in [-0.3, -0.25) is 9.59 Å². The Bertz CT molecular complexity index is 753. The molecule has 8 nitrogen and oxygen atoms in total. The van der Waals surface area contributed by atoms with Crippen LogP contribution >= 0.6 is 0 Å². The second-order valence-corrected chi connectivity index (χ2v) is 5.09. The molecule has 0 saturated heterocycles. The highest BCUT2D eigenvalue weighted by molar-refractivity contribution is 5.94. The highest BCUT2D eigenvalue weighted by Gasteiger charge is 2.20. The molecule has 11 heteroatoms. The van der Waals surface area contributed by atoms with Crippen molar-refractivity contribution in [3.05, 3.63) is 35.9 Å². The summed E-state index contributed by atoms with van der Waals surface area (Å²) in [6.07, 6.45) is 1.83. The Labute approximate surface area is 140 Å². The van der Waals surface area contributed by atoms with Gasteiger partial charge in [0.05, 0.1) is 12.2 Å². The summed E-state index contributed by atoms with van der Waals surface area (Å²) in [5, 5.41) is 12.5. The van der Waals surface area contributed by atoms with Crippen LogP contribution in [0.15, 0.2) is 18.5 Å². The van der Waals surface area contributed by atoms with E-state index in [0.29, 0.717) is 12.5 Å². The molecule has 1 heterocycles. The zero-order valence-corrected chi connectivity index (χ0v) is 13.2. The number of nitrogens with zero attached hydrogens (tertiary/aromatic N) is 5. The molecule has 0 aliphatic rings. The summed E-state index contributed by atoms with van der Waals surface area (Å²) in [6.45, 7) is 1.53. The fourth-order valence-electron chi connectivity index (χ4n) is 2.04. The monoisotopic (exact) mass is 356 g/mol.